The average molecular weight is 362 g/mol. The molecule has 0 radical (unpaired) electrons. The van der Waals surface area contributed by atoms with E-state index < -0.39 is 18.1 Å². The van der Waals surface area contributed by atoms with Gasteiger partial charge in [-0.3, -0.25) is 4.79 Å². The van der Waals surface area contributed by atoms with Crippen molar-refractivity contribution in [3.8, 4) is 5.75 Å². The number of carbonyl (C=O) groups excluding carboxylic acids is 1. The van der Waals surface area contributed by atoms with Crippen LogP contribution in [0.4, 0.5) is 23.2 Å². The fraction of sp³-hybridized carbons (Fsp3) is 0.188. The summed E-state index contributed by atoms with van der Waals surface area (Å²) >= 11 is 5.61. The summed E-state index contributed by atoms with van der Waals surface area (Å²) in [5.74, 6) is -1.61. The summed E-state index contributed by atoms with van der Waals surface area (Å²) in [6.45, 7) is 0. The van der Waals surface area contributed by atoms with Crippen molar-refractivity contribution in [1.29, 1.82) is 0 Å². The number of nitrogens with one attached hydrogen (secondary N) is 1. The molecule has 3 nitrogen and oxygen atoms in total. The average Bonchev–Trinajstić information content (AvgIpc) is 2.48. The first kappa shape index (κ1) is 18.1. The molecule has 1 N–H and O–H groups in total. The van der Waals surface area contributed by atoms with Crippen molar-refractivity contribution >= 4 is 23.2 Å². The molecule has 0 unspecified atom stereocenters. The second-order valence-electron chi connectivity index (χ2n) is 4.83. The Morgan fingerprint density at radius 3 is 2.54 bits per heavy atom. The first-order valence-electron chi connectivity index (χ1n) is 6.83. The third-order valence-corrected chi connectivity index (χ3v) is 3.26. The van der Waals surface area contributed by atoms with Crippen molar-refractivity contribution in [2.45, 2.75) is 19.2 Å². The first-order chi connectivity index (χ1) is 11.2. The fourth-order valence-electron chi connectivity index (χ4n) is 1.99. The fourth-order valence-corrected chi connectivity index (χ4v) is 2.15. The Morgan fingerprint density at radius 1 is 1.17 bits per heavy atom. The molecule has 0 heterocycles. The van der Waals surface area contributed by atoms with Gasteiger partial charge in [0.25, 0.3) is 0 Å². The number of halogens is 5. The molecule has 0 aliphatic carbocycles. The highest BCUT2D eigenvalue weighted by Crippen LogP contribution is 2.27. The molecule has 2 rings (SSSR count). The highest BCUT2D eigenvalue weighted by Gasteiger charge is 2.31. The molecule has 0 saturated carbocycles. The number of hydrogen-bond acceptors (Lipinski definition) is 2. The largest absolute Gasteiger partial charge is 0.573 e. The van der Waals surface area contributed by atoms with Crippen molar-refractivity contribution < 1.29 is 27.1 Å². The number of rotatable bonds is 5. The molecule has 128 valence electrons. The van der Waals surface area contributed by atoms with Crippen molar-refractivity contribution in [3.05, 3.63) is 58.9 Å². The van der Waals surface area contributed by atoms with Crippen molar-refractivity contribution in [2.24, 2.45) is 0 Å². The molecule has 8 heteroatoms. The minimum absolute atomic E-state index is 0.00724. The van der Waals surface area contributed by atoms with Crippen molar-refractivity contribution in [3.63, 3.8) is 0 Å². The lowest BCUT2D eigenvalue weighted by Gasteiger charge is -2.13. The van der Waals surface area contributed by atoms with Crippen LogP contribution in [0.5, 0.6) is 5.75 Å². The number of para-hydroxylation sites is 1. The van der Waals surface area contributed by atoms with E-state index in [0.29, 0.717) is 0 Å². The van der Waals surface area contributed by atoms with Gasteiger partial charge in [0.15, 0.2) is 0 Å². The van der Waals surface area contributed by atoms with Gasteiger partial charge in [0, 0.05) is 11.4 Å². The molecular weight excluding hydrogens is 350 g/mol. The molecule has 0 bridgehead atoms. The van der Waals surface area contributed by atoms with Gasteiger partial charge < -0.3 is 10.1 Å². The van der Waals surface area contributed by atoms with E-state index in [2.05, 4.69) is 10.1 Å². The predicted molar refractivity (Wildman–Crippen MR) is 81.5 cm³/mol. The summed E-state index contributed by atoms with van der Waals surface area (Å²) in [7, 11) is 0. The number of benzene rings is 2. The maximum Gasteiger partial charge on any atom is 0.573 e. The highest BCUT2D eigenvalue weighted by atomic mass is 35.5. The van der Waals surface area contributed by atoms with E-state index in [1.807, 2.05) is 0 Å². The van der Waals surface area contributed by atoms with E-state index in [-0.39, 0.29) is 34.9 Å². The molecule has 0 fully saturated rings. The van der Waals surface area contributed by atoms with E-state index in [0.717, 1.165) is 6.07 Å². The molecule has 0 spiro atoms. The zero-order valence-electron chi connectivity index (χ0n) is 12.2. The van der Waals surface area contributed by atoms with Crippen LogP contribution in [0, 0.1) is 5.82 Å². The van der Waals surface area contributed by atoms with Gasteiger partial charge in [0.1, 0.15) is 11.6 Å². The molecule has 0 atom stereocenters. The van der Waals surface area contributed by atoms with Gasteiger partial charge in [-0.15, -0.1) is 13.2 Å². The topological polar surface area (TPSA) is 38.3 Å². The molecular formula is C16H12ClF4NO2. The lowest BCUT2D eigenvalue weighted by atomic mass is 10.1. The van der Waals surface area contributed by atoms with E-state index in [1.54, 1.807) is 0 Å². The summed E-state index contributed by atoms with van der Waals surface area (Å²) in [6, 6.07) is 9.28. The van der Waals surface area contributed by atoms with Crippen LogP contribution in [0.3, 0.4) is 0 Å². The van der Waals surface area contributed by atoms with Gasteiger partial charge in [-0.05, 0) is 36.2 Å². The second-order valence-corrected chi connectivity index (χ2v) is 5.26. The van der Waals surface area contributed by atoms with Gasteiger partial charge in [0.2, 0.25) is 5.91 Å². The Kier molecular flexibility index (Phi) is 5.66. The quantitative estimate of drug-likeness (QED) is 0.765. The molecule has 1 amide bonds. The maximum absolute atomic E-state index is 13.6. The normalized spacial score (nSPS) is 11.2. The van der Waals surface area contributed by atoms with Crippen LogP contribution in [-0.4, -0.2) is 12.3 Å². The van der Waals surface area contributed by atoms with Gasteiger partial charge in [-0.2, -0.15) is 0 Å². The number of anilines is 1. The Morgan fingerprint density at radius 2 is 1.88 bits per heavy atom. The van der Waals surface area contributed by atoms with Gasteiger partial charge in [-0.25, -0.2) is 4.39 Å². The van der Waals surface area contributed by atoms with Crippen LogP contribution in [0.2, 0.25) is 5.02 Å². The van der Waals surface area contributed by atoms with E-state index >= 15 is 0 Å². The van der Waals surface area contributed by atoms with E-state index in [9.17, 15) is 22.4 Å². The van der Waals surface area contributed by atoms with Crippen molar-refractivity contribution in [1.82, 2.24) is 0 Å². The lowest BCUT2D eigenvalue weighted by Crippen LogP contribution is -2.18. The van der Waals surface area contributed by atoms with E-state index in [4.69, 9.17) is 11.6 Å². The number of amides is 1. The number of carbonyl (C=O) groups is 1. The predicted octanol–water partition coefficient (Wildman–Crippen LogP) is 4.95. The van der Waals surface area contributed by atoms with E-state index in [1.165, 1.54) is 36.4 Å². The Hall–Kier alpha value is -2.28. The number of alkyl halides is 3. The van der Waals surface area contributed by atoms with Gasteiger partial charge in [-0.1, -0.05) is 29.8 Å². The van der Waals surface area contributed by atoms with Crippen LogP contribution < -0.4 is 10.1 Å². The molecule has 0 saturated heterocycles. The maximum atomic E-state index is 13.6. The van der Waals surface area contributed by atoms with Gasteiger partial charge >= 0.3 is 6.36 Å². The monoisotopic (exact) mass is 361 g/mol. The lowest BCUT2D eigenvalue weighted by molar-refractivity contribution is -0.274. The zero-order valence-corrected chi connectivity index (χ0v) is 12.9. The molecule has 0 aliphatic heterocycles. The number of aryl methyl sites for hydroxylation is 1. The van der Waals surface area contributed by atoms with Gasteiger partial charge in [0.05, 0.1) is 5.69 Å². The first-order valence-corrected chi connectivity index (χ1v) is 7.21. The molecule has 2 aromatic rings. The SMILES string of the molecule is O=C(CCc1ccccc1OC(F)(F)F)Nc1ccc(Cl)cc1F. The molecule has 24 heavy (non-hydrogen) atoms. The summed E-state index contributed by atoms with van der Waals surface area (Å²) in [6.07, 6.45) is -4.95. The van der Waals surface area contributed by atoms with Crippen molar-refractivity contribution in [2.75, 3.05) is 5.32 Å². The van der Waals surface area contributed by atoms with Crippen LogP contribution in [0.25, 0.3) is 0 Å². The summed E-state index contributed by atoms with van der Waals surface area (Å²) in [5, 5.41) is 2.52. The third kappa shape index (κ3) is 5.42. The van der Waals surface area contributed by atoms with Crippen LogP contribution >= 0.6 is 11.6 Å². The smallest absolute Gasteiger partial charge is 0.406 e. The summed E-state index contributed by atoms with van der Waals surface area (Å²) in [4.78, 5) is 11.8. The van der Waals surface area contributed by atoms with Crippen LogP contribution in [0.15, 0.2) is 42.5 Å². The van der Waals surface area contributed by atoms with Crippen LogP contribution in [-0.2, 0) is 11.2 Å². The Bertz CT molecular complexity index is 734. The summed E-state index contributed by atoms with van der Waals surface area (Å²) < 4.78 is 54.5. The second kappa shape index (κ2) is 7.53. The number of ether oxygens (including phenoxy) is 1. The zero-order chi connectivity index (χ0) is 17.7. The third-order valence-electron chi connectivity index (χ3n) is 3.02. The van der Waals surface area contributed by atoms with Crippen LogP contribution in [0.1, 0.15) is 12.0 Å². The highest BCUT2D eigenvalue weighted by molar-refractivity contribution is 6.30. The Labute approximate surface area is 140 Å². The molecule has 2 aromatic carbocycles. The Balaban J connectivity index is 1.99. The summed E-state index contributed by atoms with van der Waals surface area (Å²) in [5.41, 5.74) is 0.172. The molecule has 0 aliphatic rings. The standard InChI is InChI=1S/C16H12ClF4NO2/c17-11-6-7-13(12(18)9-11)22-15(23)8-5-10-3-1-2-4-14(10)24-16(19,20)21/h1-4,6-7,9H,5,8H2,(H,22,23). The number of hydrogen-bond donors (Lipinski definition) is 1. The minimum atomic E-state index is -4.81. The minimum Gasteiger partial charge on any atom is -0.406 e. The molecule has 0 aromatic heterocycles.